The minimum absolute atomic E-state index is 0.504. The normalized spacial score (nSPS) is 10.3. The van der Waals surface area contributed by atoms with Gasteiger partial charge in [0.2, 0.25) is 0 Å². The van der Waals surface area contributed by atoms with Crippen LogP contribution in [-0.2, 0) is 0 Å². The molecule has 0 aliphatic rings. The van der Waals surface area contributed by atoms with Crippen LogP contribution in [0.5, 0.6) is 11.5 Å². The van der Waals surface area contributed by atoms with E-state index in [1.54, 1.807) is 18.9 Å². The highest BCUT2D eigenvalue weighted by Crippen LogP contribution is 2.26. The standard InChI is InChI=1S/C18H19ClO2S/c1-13(11-21-16-6-4-15(19)5-7-16)12-22-17-8-9-18(20-3)14(2)10-17/h4-10H,1,11-12H2,2-3H3. The van der Waals surface area contributed by atoms with E-state index in [0.29, 0.717) is 11.6 Å². The summed E-state index contributed by atoms with van der Waals surface area (Å²) in [5.74, 6) is 2.53. The molecule has 2 aromatic rings. The molecule has 0 N–H and O–H groups in total. The summed E-state index contributed by atoms with van der Waals surface area (Å²) < 4.78 is 10.9. The van der Waals surface area contributed by atoms with E-state index in [1.807, 2.05) is 37.3 Å². The summed E-state index contributed by atoms with van der Waals surface area (Å²) >= 11 is 7.58. The van der Waals surface area contributed by atoms with Gasteiger partial charge in [0.15, 0.2) is 0 Å². The van der Waals surface area contributed by atoms with Crippen LogP contribution < -0.4 is 9.47 Å². The zero-order valence-corrected chi connectivity index (χ0v) is 14.3. The Labute approximate surface area is 141 Å². The molecule has 116 valence electrons. The van der Waals surface area contributed by atoms with Crippen LogP contribution in [0, 0.1) is 6.92 Å². The Kier molecular flexibility index (Phi) is 6.22. The van der Waals surface area contributed by atoms with E-state index in [1.165, 1.54) is 4.90 Å². The van der Waals surface area contributed by atoms with Crippen LogP contribution in [0.25, 0.3) is 0 Å². The van der Waals surface area contributed by atoms with Gasteiger partial charge in [0, 0.05) is 15.7 Å². The van der Waals surface area contributed by atoms with Gasteiger partial charge < -0.3 is 9.47 Å². The largest absolute Gasteiger partial charge is 0.496 e. The first-order valence-corrected chi connectivity index (χ1v) is 8.27. The smallest absolute Gasteiger partial charge is 0.121 e. The van der Waals surface area contributed by atoms with Crippen LogP contribution in [0.2, 0.25) is 5.02 Å². The molecular formula is C18H19ClO2S. The number of hydrogen-bond acceptors (Lipinski definition) is 3. The zero-order chi connectivity index (χ0) is 15.9. The van der Waals surface area contributed by atoms with Crippen LogP contribution in [0.4, 0.5) is 0 Å². The van der Waals surface area contributed by atoms with E-state index in [2.05, 4.69) is 18.7 Å². The highest BCUT2D eigenvalue weighted by molar-refractivity contribution is 7.99. The van der Waals surface area contributed by atoms with Gasteiger partial charge in [-0.1, -0.05) is 18.2 Å². The van der Waals surface area contributed by atoms with E-state index in [-0.39, 0.29) is 0 Å². The predicted molar refractivity (Wildman–Crippen MR) is 94.5 cm³/mol. The summed E-state index contributed by atoms with van der Waals surface area (Å²) in [5, 5.41) is 0.705. The van der Waals surface area contributed by atoms with E-state index < -0.39 is 0 Å². The second kappa shape index (κ2) is 8.16. The Morgan fingerprint density at radius 2 is 1.91 bits per heavy atom. The first-order chi connectivity index (χ1) is 10.6. The lowest BCUT2D eigenvalue weighted by molar-refractivity contribution is 0.353. The van der Waals surface area contributed by atoms with Gasteiger partial charge in [-0.05, 0) is 60.5 Å². The Hall–Kier alpha value is -1.58. The molecule has 0 aliphatic carbocycles. The van der Waals surface area contributed by atoms with Gasteiger partial charge in [-0.2, -0.15) is 0 Å². The zero-order valence-electron chi connectivity index (χ0n) is 12.8. The molecule has 2 aromatic carbocycles. The third-order valence-electron chi connectivity index (χ3n) is 3.07. The van der Waals surface area contributed by atoms with Crippen molar-refractivity contribution in [2.45, 2.75) is 11.8 Å². The van der Waals surface area contributed by atoms with Crippen LogP contribution in [0.3, 0.4) is 0 Å². The number of methoxy groups -OCH3 is 1. The van der Waals surface area contributed by atoms with Crippen molar-refractivity contribution in [2.75, 3.05) is 19.5 Å². The first-order valence-electron chi connectivity index (χ1n) is 6.91. The number of aryl methyl sites for hydroxylation is 1. The van der Waals surface area contributed by atoms with Gasteiger partial charge in [0.25, 0.3) is 0 Å². The molecular weight excluding hydrogens is 316 g/mol. The third kappa shape index (κ3) is 5.00. The van der Waals surface area contributed by atoms with Crippen LogP contribution in [-0.4, -0.2) is 19.5 Å². The Balaban J connectivity index is 1.80. The van der Waals surface area contributed by atoms with Gasteiger partial charge in [-0.3, -0.25) is 0 Å². The van der Waals surface area contributed by atoms with E-state index >= 15 is 0 Å². The summed E-state index contributed by atoms with van der Waals surface area (Å²) in [4.78, 5) is 1.20. The van der Waals surface area contributed by atoms with Gasteiger partial charge in [-0.25, -0.2) is 0 Å². The third-order valence-corrected chi connectivity index (χ3v) is 4.46. The van der Waals surface area contributed by atoms with Gasteiger partial charge in [0.1, 0.15) is 18.1 Å². The van der Waals surface area contributed by atoms with Gasteiger partial charge in [-0.15, -0.1) is 11.8 Å². The molecule has 0 saturated heterocycles. The molecule has 0 atom stereocenters. The van der Waals surface area contributed by atoms with Crippen LogP contribution in [0.15, 0.2) is 59.5 Å². The van der Waals surface area contributed by atoms with Gasteiger partial charge in [0.05, 0.1) is 7.11 Å². The Morgan fingerprint density at radius 3 is 2.55 bits per heavy atom. The lowest BCUT2D eigenvalue weighted by Gasteiger charge is -2.10. The van der Waals surface area contributed by atoms with Crippen molar-refractivity contribution in [3.05, 3.63) is 65.2 Å². The van der Waals surface area contributed by atoms with Gasteiger partial charge >= 0.3 is 0 Å². The number of thioether (sulfide) groups is 1. The molecule has 0 radical (unpaired) electrons. The molecule has 0 fully saturated rings. The summed E-state index contributed by atoms with van der Waals surface area (Å²) in [6.45, 7) is 6.61. The van der Waals surface area contributed by atoms with Crippen molar-refractivity contribution in [2.24, 2.45) is 0 Å². The Bertz CT molecular complexity index is 638. The number of benzene rings is 2. The van der Waals surface area contributed by atoms with Crippen LogP contribution >= 0.6 is 23.4 Å². The van der Waals surface area contributed by atoms with Crippen molar-refractivity contribution in [3.8, 4) is 11.5 Å². The van der Waals surface area contributed by atoms with E-state index in [9.17, 15) is 0 Å². The molecule has 0 unspecified atom stereocenters. The molecule has 0 heterocycles. The van der Waals surface area contributed by atoms with Crippen molar-refractivity contribution in [1.29, 1.82) is 0 Å². The minimum atomic E-state index is 0.504. The maximum atomic E-state index is 5.84. The number of rotatable bonds is 7. The quantitative estimate of drug-likeness (QED) is 0.500. The lowest BCUT2D eigenvalue weighted by Crippen LogP contribution is -2.02. The molecule has 0 bridgehead atoms. The number of ether oxygens (including phenoxy) is 2. The van der Waals surface area contributed by atoms with Crippen molar-refractivity contribution in [1.82, 2.24) is 0 Å². The molecule has 0 aromatic heterocycles. The maximum absolute atomic E-state index is 5.84. The fraction of sp³-hybridized carbons (Fsp3) is 0.222. The summed E-state index contributed by atoms with van der Waals surface area (Å²) in [7, 11) is 1.69. The molecule has 0 spiro atoms. The second-order valence-corrected chi connectivity index (χ2v) is 6.40. The minimum Gasteiger partial charge on any atom is -0.496 e. The second-order valence-electron chi connectivity index (χ2n) is 4.91. The summed E-state index contributed by atoms with van der Waals surface area (Å²) in [6, 6.07) is 13.5. The average molecular weight is 335 g/mol. The molecule has 22 heavy (non-hydrogen) atoms. The van der Waals surface area contributed by atoms with E-state index in [4.69, 9.17) is 21.1 Å². The van der Waals surface area contributed by atoms with Crippen molar-refractivity contribution < 1.29 is 9.47 Å². The molecule has 2 rings (SSSR count). The van der Waals surface area contributed by atoms with Crippen LogP contribution in [0.1, 0.15) is 5.56 Å². The lowest BCUT2D eigenvalue weighted by atomic mass is 10.2. The number of hydrogen-bond donors (Lipinski definition) is 0. The molecule has 0 aliphatic heterocycles. The SMILES string of the molecule is C=C(COc1ccc(Cl)cc1)CSc1ccc(OC)c(C)c1. The van der Waals surface area contributed by atoms with Crippen molar-refractivity contribution >= 4 is 23.4 Å². The topological polar surface area (TPSA) is 18.5 Å². The fourth-order valence-electron chi connectivity index (χ4n) is 1.88. The molecule has 0 saturated carbocycles. The highest BCUT2D eigenvalue weighted by atomic mass is 35.5. The molecule has 0 amide bonds. The maximum Gasteiger partial charge on any atom is 0.121 e. The first kappa shape index (κ1) is 16.8. The molecule has 4 heteroatoms. The summed E-state index contributed by atoms with van der Waals surface area (Å²) in [6.07, 6.45) is 0. The monoisotopic (exact) mass is 334 g/mol. The fourth-order valence-corrected chi connectivity index (χ4v) is 2.89. The number of halogens is 1. The molecule has 2 nitrogen and oxygen atoms in total. The Morgan fingerprint density at radius 1 is 1.18 bits per heavy atom. The summed E-state index contributed by atoms with van der Waals surface area (Å²) in [5.41, 5.74) is 2.17. The van der Waals surface area contributed by atoms with E-state index in [0.717, 1.165) is 28.4 Å². The average Bonchev–Trinajstić information content (AvgIpc) is 2.52. The highest BCUT2D eigenvalue weighted by Gasteiger charge is 2.03. The van der Waals surface area contributed by atoms with Crippen molar-refractivity contribution in [3.63, 3.8) is 0 Å². The predicted octanol–water partition coefficient (Wildman–Crippen LogP) is 5.38.